The summed E-state index contributed by atoms with van der Waals surface area (Å²) in [6.07, 6.45) is 1.72. The van der Waals surface area contributed by atoms with Crippen LogP contribution in [-0.2, 0) is 4.79 Å². The van der Waals surface area contributed by atoms with E-state index in [-0.39, 0.29) is 11.7 Å². The minimum atomic E-state index is -0.520. The van der Waals surface area contributed by atoms with E-state index in [0.717, 1.165) is 0 Å². The lowest BCUT2D eigenvalue weighted by Crippen LogP contribution is -2.19. The molecule has 0 atom stereocenters. The molecule has 0 saturated carbocycles. The van der Waals surface area contributed by atoms with Gasteiger partial charge in [0.2, 0.25) is 0 Å². The van der Waals surface area contributed by atoms with Crippen LogP contribution in [0.3, 0.4) is 0 Å². The number of amides is 1. The summed E-state index contributed by atoms with van der Waals surface area (Å²) in [6.45, 7) is 2.21. The van der Waals surface area contributed by atoms with Gasteiger partial charge in [-0.3, -0.25) is 4.79 Å². The van der Waals surface area contributed by atoms with Gasteiger partial charge in [0.05, 0.1) is 29.9 Å². The molecule has 3 aromatic rings. The van der Waals surface area contributed by atoms with Crippen LogP contribution in [0.25, 0.3) is 6.08 Å². The van der Waals surface area contributed by atoms with E-state index in [4.69, 9.17) is 25.8 Å². The first-order valence-corrected chi connectivity index (χ1v) is 11.8. The molecule has 1 aliphatic rings. The highest BCUT2D eigenvalue weighted by Crippen LogP contribution is 2.33. The summed E-state index contributed by atoms with van der Waals surface area (Å²) in [6, 6.07) is 18.7. The minimum Gasteiger partial charge on any atom is -0.497 e. The minimum absolute atomic E-state index is 0.254. The molecular weight excluding hydrogens is 488 g/mol. The highest BCUT2D eigenvalue weighted by atomic mass is 35.5. The normalized spacial score (nSPS) is 15.2. The number of amidine groups is 1. The van der Waals surface area contributed by atoms with Gasteiger partial charge in [0, 0.05) is 5.02 Å². The SMILES string of the molecule is CCOc1cc(/C=C2\SC(=Nc3ccc(Cl)cc3)NC2=O)ccc1OC(=O)c1ccc(OC)cc1. The summed E-state index contributed by atoms with van der Waals surface area (Å²) in [5.41, 5.74) is 1.77. The van der Waals surface area contributed by atoms with Gasteiger partial charge in [-0.1, -0.05) is 17.7 Å². The first-order valence-electron chi connectivity index (χ1n) is 10.6. The van der Waals surface area contributed by atoms with Gasteiger partial charge in [0.15, 0.2) is 16.7 Å². The van der Waals surface area contributed by atoms with Crippen molar-refractivity contribution < 1.29 is 23.8 Å². The largest absolute Gasteiger partial charge is 0.497 e. The molecule has 7 nitrogen and oxygen atoms in total. The van der Waals surface area contributed by atoms with Gasteiger partial charge in [0.25, 0.3) is 5.91 Å². The van der Waals surface area contributed by atoms with Crippen LogP contribution in [0.5, 0.6) is 17.2 Å². The number of carbonyl (C=O) groups is 2. The molecule has 35 heavy (non-hydrogen) atoms. The number of aliphatic imine (C=N–C) groups is 1. The molecule has 178 valence electrons. The second-order valence-corrected chi connectivity index (χ2v) is 8.68. The number of hydrogen-bond donors (Lipinski definition) is 1. The maximum absolute atomic E-state index is 12.6. The lowest BCUT2D eigenvalue weighted by Gasteiger charge is -2.12. The van der Waals surface area contributed by atoms with Crippen molar-refractivity contribution in [3.8, 4) is 17.2 Å². The zero-order valence-corrected chi connectivity index (χ0v) is 20.5. The molecule has 3 aromatic carbocycles. The maximum atomic E-state index is 12.6. The third kappa shape index (κ3) is 6.23. The molecule has 9 heteroatoms. The first kappa shape index (κ1) is 24.4. The summed E-state index contributed by atoms with van der Waals surface area (Å²) in [5.74, 6) is 0.541. The second kappa shape index (κ2) is 11.1. The van der Waals surface area contributed by atoms with Gasteiger partial charge < -0.3 is 19.5 Å². The van der Waals surface area contributed by atoms with E-state index in [1.54, 1.807) is 79.9 Å². The molecule has 0 bridgehead atoms. The first-order chi connectivity index (χ1) is 16.9. The van der Waals surface area contributed by atoms with Crippen molar-refractivity contribution in [3.05, 3.63) is 87.8 Å². The number of nitrogens with one attached hydrogen (secondary N) is 1. The van der Waals surface area contributed by atoms with Gasteiger partial charge in [-0.15, -0.1) is 0 Å². The van der Waals surface area contributed by atoms with E-state index in [2.05, 4.69) is 10.3 Å². The summed E-state index contributed by atoms with van der Waals surface area (Å²) < 4.78 is 16.4. The molecule has 0 unspecified atom stereocenters. The Balaban J connectivity index is 1.52. The molecule has 0 aromatic heterocycles. The van der Waals surface area contributed by atoms with Crippen LogP contribution in [0.1, 0.15) is 22.8 Å². The smallest absolute Gasteiger partial charge is 0.343 e. The predicted octanol–water partition coefficient (Wildman–Crippen LogP) is 5.86. The number of esters is 1. The Morgan fingerprint density at radius 2 is 1.80 bits per heavy atom. The summed E-state index contributed by atoms with van der Waals surface area (Å²) in [4.78, 5) is 29.9. The standard InChI is InChI=1S/C26H21ClN2O5S/c1-3-33-22-14-16(4-13-21(22)34-25(31)17-5-11-20(32-2)12-6-17)15-23-24(30)29-26(35-23)28-19-9-7-18(27)8-10-19/h4-15H,3H2,1-2H3,(H,28,29,30)/b23-15-. The number of nitrogens with zero attached hydrogens (tertiary/aromatic N) is 1. The number of thioether (sulfide) groups is 1. The van der Waals surface area contributed by atoms with E-state index >= 15 is 0 Å². The third-order valence-electron chi connectivity index (χ3n) is 4.80. The van der Waals surface area contributed by atoms with Gasteiger partial charge in [-0.25, -0.2) is 9.79 Å². The highest BCUT2D eigenvalue weighted by Gasteiger charge is 2.24. The molecule has 1 aliphatic heterocycles. The van der Waals surface area contributed by atoms with Crippen molar-refractivity contribution in [1.29, 1.82) is 0 Å². The quantitative estimate of drug-likeness (QED) is 0.244. The number of ether oxygens (including phenoxy) is 3. The van der Waals surface area contributed by atoms with E-state index in [1.165, 1.54) is 11.8 Å². The van der Waals surface area contributed by atoms with Crippen molar-refractivity contribution >= 4 is 52.2 Å². The summed E-state index contributed by atoms with van der Waals surface area (Å²) in [7, 11) is 1.56. The Bertz CT molecular complexity index is 1300. The van der Waals surface area contributed by atoms with Crippen LogP contribution in [0.4, 0.5) is 5.69 Å². The Morgan fingerprint density at radius 3 is 2.49 bits per heavy atom. The van der Waals surface area contributed by atoms with Crippen molar-refractivity contribution in [3.63, 3.8) is 0 Å². The van der Waals surface area contributed by atoms with E-state index in [1.807, 2.05) is 6.92 Å². The lowest BCUT2D eigenvalue weighted by atomic mass is 10.1. The third-order valence-corrected chi connectivity index (χ3v) is 5.96. The molecule has 0 aliphatic carbocycles. The number of halogens is 1. The molecule has 1 amide bonds. The molecule has 1 saturated heterocycles. The van der Waals surface area contributed by atoms with Crippen LogP contribution >= 0.6 is 23.4 Å². The van der Waals surface area contributed by atoms with Crippen LogP contribution in [-0.4, -0.2) is 30.8 Å². The van der Waals surface area contributed by atoms with Crippen LogP contribution in [0.15, 0.2) is 76.6 Å². The fourth-order valence-corrected chi connectivity index (χ4v) is 4.09. The topological polar surface area (TPSA) is 86.2 Å². The Hall–Kier alpha value is -3.75. The predicted molar refractivity (Wildman–Crippen MR) is 138 cm³/mol. The van der Waals surface area contributed by atoms with Crippen molar-refractivity contribution in [1.82, 2.24) is 5.32 Å². The number of benzene rings is 3. The van der Waals surface area contributed by atoms with Gasteiger partial charge in [0.1, 0.15) is 5.75 Å². The number of carbonyl (C=O) groups excluding carboxylic acids is 2. The average Bonchev–Trinajstić information content (AvgIpc) is 3.20. The molecular formula is C26H21ClN2O5S. The van der Waals surface area contributed by atoms with E-state index in [9.17, 15) is 9.59 Å². The summed E-state index contributed by atoms with van der Waals surface area (Å²) in [5, 5.41) is 3.84. The Labute approximate surface area is 211 Å². The lowest BCUT2D eigenvalue weighted by molar-refractivity contribution is -0.115. The molecule has 1 fully saturated rings. The van der Waals surface area contributed by atoms with Crippen molar-refractivity contribution in [2.45, 2.75) is 6.92 Å². The average molecular weight is 509 g/mol. The fraction of sp³-hybridized carbons (Fsp3) is 0.115. The molecule has 0 radical (unpaired) electrons. The Morgan fingerprint density at radius 1 is 1.06 bits per heavy atom. The van der Waals surface area contributed by atoms with Crippen LogP contribution < -0.4 is 19.5 Å². The monoisotopic (exact) mass is 508 g/mol. The molecule has 4 rings (SSSR count). The number of methoxy groups -OCH3 is 1. The Kier molecular flexibility index (Phi) is 7.74. The van der Waals surface area contributed by atoms with Crippen molar-refractivity contribution in [2.24, 2.45) is 4.99 Å². The van der Waals surface area contributed by atoms with Crippen molar-refractivity contribution in [2.75, 3.05) is 13.7 Å². The number of hydrogen-bond acceptors (Lipinski definition) is 7. The maximum Gasteiger partial charge on any atom is 0.343 e. The fourth-order valence-electron chi connectivity index (χ4n) is 3.12. The van der Waals surface area contributed by atoms with E-state index in [0.29, 0.717) is 50.0 Å². The van der Waals surface area contributed by atoms with Gasteiger partial charge >= 0.3 is 5.97 Å². The zero-order valence-electron chi connectivity index (χ0n) is 18.9. The molecule has 1 N–H and O–H groups in total. The van der Waals surface area contributed by atoms with E-state index < -0.39 is 5.97 Å². The summed E-state index contributed by atoms with van der Waals surface area (Å²) >= 11 is 7.13. The van der Waals surface area contributed by atoms with Gasteiger partial charge in [-0.2, -0.15) is 0 Å². The molecule has 0 spiro atoms. The van der Waals surface area contributed by atoms with Gasteiger partial charge in [-0.05, 0) is 91.0 Å². The van der Waals surface area contributed by atoms with Crippen LogP contribution in [0.2, 0.25) is 5.02 Å². The van der Waals surface area contributed by atoms with Crippen LogP contribution in [0, 0.1) is 0 Å². The zero-order chi connectivity index (χ0) is 24.8. The highest BCUT2D eigenvalue weighted by molar-refractivity contribution is 8.18. The number of rotatable bonds is 7. The molecule has 1 heterocycles. The second-order valence-electron chi connectivity index (χ2n) is 7.22.